The van der Waals surface area contributed by atoms with E-state index in [1.807, 2.05) is 0 Å². The van der Waals surface area contributed by atoms with E-state index in [0.29, 0.717) is 0 Å². The first-order chi connectivity index (χ1) is 10.1. The van der Waals surface area contributed by atoms with Gasteiger partial charge in [-0.05, 0) is 0 Å². The molecule has 0 heterocycles. The molecule has 0 bridgehead atoms. The number of hydrogen-bond donors (Lipinski definition) is 0. The van der Waals surface area contributed by atoms with Gasteiger partial charge in [0.25, 0.3) is 0 Å². The molecule has 3 heteroatoms. The second-order valence-electron chi connectivity index (χ2n) is 5.84. The topological polar surface area (TPSA) is 6.48 Å². The van der Waals surface area contributed by atoms with Crippen molar-refractivity contribution in [2.45, 2.75) is 13.1 Å². The first kappa shape index (κ1) is 16.6. The van der Waals surface area contributed by atoms with Gasteiger partial charge in [-0.1, -0.05) is 0 Å². The van der Waals surface area contributed by atoms with E-state index in [4.69, 9.17) is 0 Å². The summed E-state index contributed by atoms with van der Waals surface area (Å²) in [7, 11) is 8.57. The summed E-state index contributed by atoms with van der Waals surface area (Å²) in [5.74, 6) is 0. The van der Waals surface area contributed by atoms with E-state index in [-0.39, 0.29) is 0 Å². The Morgan fingerprint density at radius 3 is 1.43 bits per heavy atom. The first-order valence-electron chi connectivity index (χ1n) is 7.23. The number of nitrogens with zero attached hydrogens (tertiary/aromatic N) is 2. The Morgan fingerprint density at radius 1 is 0.667 bits per heavy atom. The van der Waals surface area contributed by atoms with Crippen LogP contribution in [0.1, 0.15) is 11.1 Å². The molecule has 0 saturated heterocycles. The van der Waals surface area contributed by atoms with E-state index in [1.54, 1.807) is 6.54 Å². The second-order valence-corrected chi connectivity index (χ2v) is 10.5. The van der Waals surface area contributed by atoms with Gasteiger partial charge in [-0.3, -0.25) is 0 Å². The van der Waals surface area contributed by atoms with Crippen molar-refractivity contribution in [1.29, 1.82) is 0 Å². The van der Waals surface area contributed by atoms with Gasteiger partial charge in [0.2, 0.25) is 0 Å². The van der Waals surface area contributed by atoms with Crippen molar-refractivity contribution in [2.24, 2.45) is 0 Å². The van der Waals surface area contributed by atoms with Gasteiger partial charge in [0, 0.05) is 0 Å². The fraction of sp³-hybridized carbons (Fsp3) is 0.333. The summed E-state index contributed by atoms with van der Waals surface area (Å²) in [6.07, 6.45) is 0. The molecule has 110 valence electrons. The van der Waals surface area contributed by atoms with Crippen molar-refractivity contribution in [3.8, 4) is 0 Å². The van der Waals surface area contributed by atoms with Crippen LogP contribution in [-0.4, -0.2) is 61.2 Å². The zero-order chi connectivity index (χ0) is 15.2. The fourth-order valence-corrected chi connectivity index (χ4v) is 6.82. The average Bonchev–Trinajstić information content (AvgIpc) is 2.42. The summed E-state index contributed by atoms with van der Waals surface area (Å²) >= 11 is -0.863. The Labute approximate surface area is 140 Å². The van der Waals surface area contributed by atoms with E-state index in [1.165, 1.54) is 11.1 Å². The van der Waals surface area contributed by atoms with Crippen molar-refractivity contribution in [1.82, 2.24) is 9.80 Å². The Morgan fingerprint density at radius 2 is 1.05 bits per heavy atom. The van der Waals surface area contributed by atoms with Crippen LogP contribution in [0, 0.1) is 0 Å². The van der Waals surface area contributed by atoms with Crippen molar-refractivity contribution in [3.05, 3.63) is 59.7 Å². The maximum atomic E-state index is 2.34. The van der Waals surface area contributed by atoms with Gasteiger partial charge in [0.05, 0.1) is 0 Å². The van der Waals surface area contributed by atoms with Crippen LogP contribution >= 0.6 is 0 Å². The molecule has 2 radical (unpaired) electrons. The van der Waals surface area contributed by atoms with E-state index in [0.717, 1.165) is 13.1 Å². The van der Waals surface area contributed by atoms with Crippen LogP contribution in [0.15, 0.2) is 48.5 Å². The van der Waals surface area contributed by atoms with Crippen LogP contribution in [0.2, 0.25) is 0 Å². The predicted molar refractivity (Wildman–Crippen MR) is 92.7 cm³/mol. The summed E-state index contributed by atoms with van der Waals surface area (Å²) in [5.41, 5.74) is 3.00. The van der Waals surface area contributed by atoms with Crippen LogP contribution in [0.4, 0.5) is 0 Å². The molecule has 2 nitrogen and oxygen atoms in total. The van der Waals surface area contributed by atoms with Gasteiger partial charge in [-0.15, -0.1) is 0 Å². The fourth-order valence-electron chi connectivity index (χ4n) is 2.32. The monoisotopic (exact) mass is 477 g/mol. The van der Waals surface area contributed by atoms with E-state index in [9.17, 15) is 0 Å². The van der Waals surface area contributed by atoms with Gasteiger partial charge in [0.1, 0.15) is 0 Å². The minimum absolute atomic E-state index is 0.863. The number of rotatable bonds is 6. The predicted octanol–water partition coefficient (Wildman–Crippen LogP) is 1.46. The summed E-state index contributed by atoms with van der Waals surface area (Å²) in [5, 5.41) is 0. The minimum atomic E-state index is -0.863. The van der Waals surface area contributed by atoms with Gasteiger partial charge >= 0.3 is 141 Å². The molecular formula is C18H24BiN2+. The summed E-state index contributed by atoms with van der Waals surface area (Å²) < 4.78 is 3.22. The summed E-state index contributed by atoms with van der Waals surface area (Å²) in [6.45, 7) is 2.07. The number of hydrogen-bond acceptors (Lipinski definition) is 2. The Balaban J connectivity index is 2.26. The molecule has 0 aliphatic rings. The molecule has 2 aromatic rings. The standard InChI is InChI=1S/2C9H12N.Bi/c2*1-10(2)8-9-6-4-3-5-7-9;/h2*3-6H,8H2,1-2H3;/q;;+1. The van der Waals surface area contributed by atoms with Gasteiger partial charge in [0.15, 0.2) is 0 Å². The van der Waals surface area contributed by atoms with Crippen molar-refractivity contribution < 1.29 is 0 Å². The summed E-state index contributed by atoms with van der Waals surface area (Å²) in [4.78, 5) is 4.51. The molecule has 0 saturated carbocycles. The maximum absolute atomic E-state index is 2.34. The van der Waals surface area contributed by atoms with Crippen LogP contribution in [0.5, 0.6) is 0 Å². The zero-order valence-corrected chi connectivity index (χ0v) is 16.9. The summed E-state index contributed by atoms with van der Waals surface area (Å²) in [6, 6.07) is 17.9. The molecular weight excluding hydrogens is 453 g/mol. The molecule has 0 aliphatic heterocycles. The first-order valence-corrected chi connectivity index (χ1v) is 10.7. The van der Waals surface area contributed by atoms with Gasteiger partial charge in [-0.25, -0.2) is 0 Å². The number of benzene rings is 2. The molecule has 0 fully saturated rings. The third-order valence-electron chi connectivity index (χ3n) is 3.20. The van der Waals surface area contributed by atoms with Crippen molar-refractivity contribution in [2.75, 3.05) is 28.2 Å². The Bertz CT molecular complexity index is 527. The molecule has 0 spiro atoms. The molecule has 0 atom stereocenters. The normalized spacial score (nSPS) is 11.3. The molecule has 2 rings (SSSR count). The molecule has 0 aliphatic carbocycles. The van der Waals surface area contributed by atoms with Crippen LogP contribution < -0.4 is 6.54 Å². The molecule has 0 N–H and O–H groups in total. The van der Waals surface area contributed by atoms with Crippen LogP contribution in [-0.2, 0) is 13.1 Å². The van der Waals surface area contributed by atoms with Gasteiger partial charge < -0.3 is 0 Å². The van der Waals surface area contributed by atoms with Crippen molar-refractivity contribution in [3.63, 3.8) is 0 Å². The molecule has 0 unspecified atom stereocenters. The zero-order valence-electron chi connectivity index (χ0n) is 13.4. The van der Waals surface area contributed by atoms with E-state index < -0.39 is 23.2 Å². The van der Waals surface area contributed by atoms with E-state index >= 15 is 0 Å². The van der Waals surface area contributed by atoms with Crippen LogP contribution in [0.3, 0.4) is 0 Å². The van der Waals surface area contributed by atoms with Gasteiger partial charge in [-0.2, -0.15) is 0 Å². The van der Waals surface area contributed by atoms with Crippen LogP contribution in [0.25, 0.3) is 0 Å². The Kier molecular flexibility index (Phi) is 6.35. The van der Waals surface area contributed by atoms with E-state index in [2.05, 4.69) is 86.5 Å². The Hall–Kier alpha value is -0.757. The quantitative estimate of drug-likeness (QED) is 0.582. The molecule has 0 aromatic heterocycles. The third kappa shape index (κ3) is 5.18. The molecule has 21 heavy (non-hydrogen) atoms. The molecule has 0 amide bonds. The average molecular weight is 477 g/mol. The SMILES string of the molecule is CN(C)Cc1cccc[c]1[Bi+][c]1ccccc1CN(C)C. The molecule has 2 aromatic carbocycles. The van der Waals surface area contributed by atoms with Crippen molar-refractivity contribution >= 4 is 29.8 Å². The third-order valence-corrected chi connectivity index (χ3v) is 8.46. The second kappa shape index (κ2) is 8.03.